The van der Waals surface area contributed by atoms with E-state index in [0.717, 1.165) is 4.57 Å². The van der Waals surface area contributed by atoms with E-state index in [0.29, 0.717) is 5.69 Å². The largest absolute Gasteiger partial charge is 1.00 e. The maximum atomic E-state index is 12.8. The molecule has 2 fully saturated rings. The molecule has 0 bridgehead atoms. The van der Waals surface area contributed by atoms with Crippen molar-refractivity contribution in [2.45, 2.75) is 74.1 Å². The van der Waals surface area contributed by atoms with E-state index >= 15 is 0 Å². The van der Waals surface area contributed by atoms with Gasteiger partial charge in [-0.2, -0.15) is 4.98 Å². The van der Waals surface area contributed by atoms with E-state index in [1.165, 1.54) is 19.2 Å². The zero-order valence-electron chi connectivity index (χ0n) is 23.0. The SMILES string of the molecule is Cc1ccn([C@@H]2O[C@H](COP(=O)(O)O[C@@]3(C(=O)[O-])C[C@@H](O)[C@@H](NC(=O)C[NH3+])C([C@H](O)[C@H](O)CO)O3)[C@H](O)C2O)c(=O)n1.[Na+]. The summed E-state index contributed by atoms with van der Waals surface area (Å²) in [5.41, 5.74) is 2.85. The Bertz CT molecular complexity index is 1240. The van der Waals surface area contributed by atoms with Gasteiger partial charge < -0.3 is 66.0 Å². The molecular weight excluding hydrogens is 618 g/mol. The first kappa shape index (κ1) is 37.8. The summed E-state index contributed by atoms with van der Waals surface area (Å²) in [4.78, 5) is 50.2. The van der Waals surface area contributed by atoms with Crippen molar-refractivity contribution in [1.82, 2.24) is 14.9 Å². The Labute approximate surface area is 264 Å². The molecule has 1 amide bonds. The Morgan fingerprint density at radius 2 is 1.98 bits per heavy atom. The summed E-state index contributed by atoms with van der Waals surface area (Å²) in [6, 6.07) is -0.203. The van der Waals surface area contributed by atoms with Gasteiger partial charge in [-0.1, -0.05) is 0 Å². The number of aryl methyl sites for hydroxylation is 1. The number of carbonyl (C=O) groups excluding carboxylic acids is 2. The molecule has 0 aromatic carbocycles. The third-order valence-corrected chi connectivity index (χ3v) is 7.60. The fourth-order valence-corrected chi connectivity index (χ4v) is 5.36. The number of phosphoric acid groups is 1. The average Bonchev–Trinajstić information content (AvgIpc) is 3.20. The smallest absolute Gasteiger partial charge is 0.544 e. The minimum Gasteiger partial charge on any atom is -0.544 e. The summed E-state index contributed by atoms with van der Waals surface area (Å²) in [5, 5.41) is 75.2. The van der Waals surface area contributed by atoms with Crippen LogP contribution in [0.3, 0.4) is 0 Å². The van der Waals surface area contributed by atoms with Crippen molar-refractivity contribution in [3.63, 3.8) is 0 Å². The molecule has 22 heteroatoms. The molecule has 0 spiro atoms. The van der Waals surface area contributed by atoms with Crippen LogP contribution in [0, 0.1) is 6.92 Å². The van der Waals surface area contributed by atoms with Crippen LogP contribution >= 0.6 is 7.82 Å². The molecule has 3 heterocycles. The maximum Gasteiger partial charge on any atom is 1.00 e. The van der Waals surface area contributed by atoms with E-state index < -0.39 is 106 Å². The number of carboxylic acids is 1. The number of nitrogens with zero attached hydrogens (tertiary/aromatic N) is 2. The van der Waals surface area contributed by atoms with Crippen LogP contribution in [0.2, 0.25) is 0 Å². The molecule has 0 aliphatic carbocycles. The number of carboxylic acid groups (broad SMARTS) is 1. The van der Waals surface area contributed by atoms with Crippen LogP contribution in [0.5, 0.6) is 0 Å². The molecule has 20 nitrogen and oxygen atoms in total. The van der Waals surface area contributed by atoms with Gasteiger partial charge in [0, 0.05) is 18.3 Å². The van der Waals surface area contributed by atoms with Gasteiger partial charge in [0.1, 0.15) is 42.6 Å². The normalized spacial score (nSPS) is 33.6. The third kappa shape index (κ3) is 8.64. The van der Waals surface area contributed by atoms with Crippen LogP contribution in [0.25, 0.3) is 0 Å². The number of aliphatic hydroxyl groups is 6. The number of aromatic nitrogens is 2. The number of hydrogen-bond donors (Lipinski definition) is 9. The van der Waals surface area contributed by atoms with Gasteiger partial charge >= 0.3 is 43.1 Å². The van der Waals surface area contributed by atoms with Crippen molar-refractivity contribution in [2.75, 3.05) is 19.8 Å². The number of ether oxygens (including phenoxy) is 2. The van der Waals surface area contributed by atoms with E-state index in [-0.39, 0.29) is 36.1 Å². The molecule has 43 heavy (non-hydrogen) atoms. The Morgan fingerprint density at radius 1 is 1.33 bits per heavy atom. The molecule has 2 saturated heterocycles. The number of amides is 1. The van der Waals surface area contributed by atoms with Gasteiger partial charge in [0.15, 0.2) is 12.8 Å². The number of phosphoric ester groups is 1. The Balaban J connectivity index is 0.00000645. The van der Waals surface area contributed by atoms with E-state index in [4.69, 9.17) is 18.5 Å². The zero-order valence-corrected chi connectivity index (χ0v) is 25.9. The number of carbonyl (C=O) groups is 2. The van der Waals surface area contributed by atoms with E-state index in [1.54, 1.807) is 0 Å². The summed E-state index contributed by atoms with van der Waals surface area (Å²) < 4.78 is 33.8. The van der Waals surface area contributed by atoms with Crippen molar-refractivity contribution in [3.05, 3.63) is 28.4 Å². The number of rotatable bonds is 12. The van der Waals surface area contributed by atoms with Gasteiger partial charge in [-0.3, -0.25) is 13.9 Å². The molecule has 2 aliphatic rings. The zero-order chi connectivity index (χ0) is 31.6. The summed E-state index contributed by atoms with van der Waals surface area (Å²) in [6.07, 6.45) is -14.7. The first-order chi connectivity index (χ1) is 19.6. The third-order valence-electron chi connectivity index (χ3n) is 6.60. The fraction of sp³-hybridized carbons (Fsp3) is 0.714. The number of aliphatic carboxylic acids is 1. The quantitative estimate of drug-likeness (QED) is 0.0748. The minimum atomic E-state index is -5.56. The van der Waals surface area contributed by atoms with E-state index in [9.17, 15) is 59.6 Å². The number of quaternary nitrogens is 1. The molecule has 3 rings (SSSR count). The predicted octanol–water partition coefficient (Wildman–Crippen LogP) is -10.7. The molecule has 11 atom stereocenters. The molecule has 1 aromatic rings. The average molecular weight is 651 g/mol. The molecule has 2 aliphatic heterocycles. The Kier molecular flexibility index (Phi) is 13.4. The van der Waals surface area contributed by atoms with Gasteiger partial charge in [0.05, 0.1) is 25.4 Å². The summed E-state index contributed by atoms with van der Waals surface area (Å²) in [6.45, 7) is -0.919. The maximum absolute atomic E-state index is 12.8. The van der Waals surface area contributed by atoms with Crippen LogP contribution < -0.4 is 51.4 Å². The first-order valence-electron chi connectivity index (χ1n) is 12.4. The molecule has 238 valence electrons. The van der Waals surface area contributed by atoms with Crippen molar-refractivity contribution >= 4 is 19.7 Å². The van der Waals surface area contributed by atoms with Crippen LogP contribution in [-0.2, 0) is 32.7 Å². The molecule has 11 N–H and O–H groups in total. The van der Waals surface area contributed by atoms with Gasteiger partial charge in [-0.05, 0) is 13.0 Å². The summed E-state index contributed by atoms with van der Waals surface area (Å²) >= 11 is 0. The topological polar surface area (TPSA) is 327 Å². The van der Waals surface area contributed by atoms with Gasteiger partial charge in [-0.15, -0.1) is 0 Å². The van der Waals surface area contributed by atoms with Crippen molar-refractivity contribution in [1.29, 1.82) is 0 Å². The van der Waals surface area contributed by atoms with Crippen molar-refractivity contribution in [2.24, 2.45) is 0 Å². The molecule has 3 unspecified atom stereocenters. The van der Waals surface area contributed by atoms with Crippen molar-refractivity contribution in [3.8, 4) is 0 Å². The second-order valence-corrected chi connectivity index (χ2v) is 11.0. The fourth-order valence-electron chi connectivity index (χ4n) is 4.40. The molecule has 0 saturated carbocycles. The number of hydrogen-bond acceptors (Lipinski definition) is 16. The van der Waals surface area contributed by atoms with E-state index in [2.05, 4.69) is 16.0 Å². The minimum absolute atomic E-state index is 0. The second-order valence-electron chi connectivity index (χ2n) is 9.64. The summed E-state index contributed by atoms with van der Waals surface area (Å²) in [7, 11) is -5.56. The van der Waals surface area contributed by atoms with Crippen LogP contribution in [-0.4, -0.2) is 131 Å². The number of nitrogens with one attached hydrogen (secondary N) is 1. The van der Waals surface area contributed by atoms with Gasteiger partial charge in [0.25, 0.3) is 5.91 Å². The predicted molar refractivity (Wildman–Crippen MR) is 128 cm³/mol. The molecular formula is C21H33N4NaO16P+. The first-order valence-corrected chi connectivity index (χ1v) is 13.9. The molecule has 1 aromatic heterocycles. The second kappa shape index (κ2) is 15.2. The van der Waals surface area contributed by atoms with Crippen molar-refractivity contribution < 1.29 is 109 Å². The van der Waals surface area contributed by atoms with Gasteiger partial charge in [0.2, 0.25) is 5.79 Å². The van der Waals surface area contributed by atoms with E-state index in [1.807, 2.05) is 0 Å². The molecule has 0 radical (unpaired) electrons. The number of aliphatic hydroxyl groups excluding tert-OH is 6. The van der Waals surface area contributed by atoms with Crippen LogP contribution in [0.1, 0.15) is 18.3 Å². The Hall–Kier alpha value is -1.43. The monoisotopic (exact) mass is 651 g/mol. The van der Waals surface area contributed by atoms with Crippen LogP contribution in [0.4, 0.5) is 0 Å². The summed E-state index contributed by atoms with van der Waals surface area (Å²) in [5.74, 6) is -6.46. The van der Waals surface area contributed by atoms with Gasteiger partial charge in [-0.25, -0.2) is 13.9 Å². The standard InChI is InChI=1S/C21H33N4O16P.Na/c1-8-2-3-25(20(35)23-8)18-16(32)15(31)11(39-18)7-38-42(36,37)41-21(19(33)34)4-9(27)13(24-12(29)5-22)17(40-21)14(30)10(28)6-26;/h2-3,9-11,13-18,26-28,30-32H,4-7,22H2,1H3,(H,24,29)(H,33,34)(H,36,37);/q;+1/t9-,10-,11-,13-,14-,15+,16?,17?,18-,21-;/m1./s1. The van der Waals surface area contributed by atoms with Crippen LogP contribution in [0.15, 0.2) is 17.1 Å². The Morgan fingerprint density at radius 3 is 2.53 bits per heavy atom.